The van der Waals surface area contributed by atoms with Crippen LogP contribution in [0.4, 0.5) is 0 Å². The van der Waals surface area contributed by atoms with Gasteiger partial charge in [0.2, 0.25) is 35.4 Å². The van der Waals surface area contributed by atoms with Crippen LogP contribution < -0.4 is 53.2 Å². The molecule has 28 nitrogen and oxygen atoms in total. The molecule has 0 rings (SSSR count). The molecule has 10 N–H and O–H groups in total. The lowest BCUT2D eigenvalue weighted by atomic mass is 9.88. The number of unbranched alkanes of at least 4 members (excludes halogenated alkanes) is 1. The van der Waals surface area contributed by atoms with Gasteiger partial charge in [-0.15, -0.1) is 0 Å². The smallest absolute Gasteiger partial charge is 0.306 e. The Morgan fingerprint density at radius 2 is 0.747 bits per heavy atom. The normalized spacial score (nSPS) is 13.2. The summed E-state index contributed by atoms with van der Waals surface area (Å²) in [6.07, 6.45) is 3.06. The van der Waals surface area contributed by atoms with Gasteiger partial charge >= 0.3 is 5.97 Å². The number of Topliss-reactive ketones (excluding diaryl/α,β-unsaturated/α-hetero) is 2. The van der Waals surface area contributed by atoms with Gasteiger partial charge in [0.1, 0.15) is 11.4 Å². The first-order chi connectivity index (χ1) is 43.5. The molecule has 0 fully saturated rings. The van der Waals surface area contributed by atoms with Crippen LogP contribution >= 0.6 is 0 Å². The Hall–Kier alpha value is -4.85. The molecule has 530 valence electrons. The minimum absolute atomic E-state index is 0.000408. The average molecular weight is 1310 g/mol. The van der Waals surface area contributed by atoms with E-state index in [0.717, 1.165) is 19.5 Å². The molecule has 4 atom stereocenters. The van der Waals surface area contributed by atoms with Crippen LogP contribution in [0.2, 0.25) is 0 Å². The molecule has 3 unspecified atom stereocenters. The number of ketones is 2. The Balaban J connectivity index is 4.76. The van der Waals surface area contributed by atoms with Crippen LogP contribution in [0.1, 0.15) is 153 Å². The standard InChI is InChI=1S/C63H120N10O18/c1-11-50(5)65-26-34-84-42-44-86-36-28-68-56(77)19-17-54(75)63(10,12-2)73-52(15-13-14-24-66-51(6)53(74)16-18-55(76)67-27-35-85-43-41-83-33-25-64-49(3)4)61(82)72-32-40-90-48-47-88-38-30-70-58(79)21-20-57(78)69-29-37-87-45-46-89-39-31-71-59(80)22-23-60(81)91-62(7,8)9/h49-52,64-66,73H,11-48H2,1-10H3,(H,67,76)(H,68,77)(H,69,78)(H,70,79)(H,71,80)(H,72,82)/t50?,51?,52-,63?/m0/s1. The van der Waals surface area contributed by atoms with Crippen LogP contribution in [0.15, 0.2) is 0 Å². The van der Waals surface area contributed by atoms with E-state index in [0.29, 0.717) is 104 Å². The third kappa shape index (κ3) is 54.3. The number of hydrogen-bond acceptors (Lipinski definition) is 22. The molecule has 0 saturated heterocycles. The van der Waals surface area contributed by atoms with E-state index in [-0.39, 0.29) is 184 Å². The maximum Gasteiger partial charge on any atom is 0.306 e. The maximum atomic E-state index is 13.8. The van der Waals surface area contributed by atoms with Crippen molar-refractivity contribution in [3.63, 3.8) is 0 Å². The second kappa shape index (κ2) is 56.7. The highest BCUT2D eigenvalue weighted by molar-refractivity contribution is 5.92. The Morgan fingerprint density at radius 1 is 0.385 bits per heavy atom. The molecule has 0 radical (unpaired) electrons. The molecule has 0 spiro atoms. The molecule has 28 heteroatoms. The van der Waals surface area contributed by atoms with E-state index in [1.807, 2.05) is 6.92 Å². The zero-order valence-corrected chi connectivity index (χ0v) is 57.0. The molecule has 0 aromatic heterocycles. The Morgan fingerprint density at radius 3 is 1.13 bits per heavy atom. The van der Waals surface area contributed by atoms with Gasteiger partial charge in [-0.2, -0.15) is 0 Å². The Kier molecular flexibility index (Phi) is 53.6. The summed E-state index contributed by atoms with van der Waals surface area (Å²) < 4.78 is 49.4. The van der Waals surface area contributed by atoms with Gasteiger partial charge < -0.3 is 90.5 Å². The van der Waals surface area contributed by atoms with Crippen LogP contribution in [0.3, 0.4) is 0 Å². The van der Waals surface area contributed by atoms with E-state index in [2.05, 4.69) is 80.9 Å². The molecular formula is C63H120N10O18. The first kappa shape index (κ1) is 86.2. The van der Waals surface area contributed by atoms with Crippen LogP contribution in [0.25, 0.3) is 0 Å². The summed E-state index contributed by atoms with van der Waals surface area (Å²) in [7, 11) is 0. The second-order valence-electron chi connectivity index (χ2n) is 23.3. The zero-order valence-electron chi connectivity index (χ0n) is 57.0. The van der Waals surface area contributed by atoms with Crippen molar-refractivity contribution in [3.8, 4) is 0 Å². The Bertz CT molecular complexity index is 1970. The fraction of sp³-hybridized carbons (Fsp3) is 0.857. The molecule has 0 aliphatic rings. The summed E-state index contributed by atoms with van der Waals surface area (Å²) in [5.41, 5.74) is -1.72. The Labute approximate surface area is 542 Å². The van der Waals surface area contributed by atoms with Crippen molar-refractivity contribution in [1.82, 2.24) is 53.2 Å². The van der Waals surface area contributed by atoms with Crippen molar-refractivity contribution in [2.75, 3.05) is 165 Å². The molecule has 0 aliphatic carbocycles. The number of nitrogens with one attached hydrogen (secondary N) is 10. The second-order valence-corrected chi connectivity index (χ2v) is 23.3. The lowest BCUT2D eigenvalue weighted by molar-refractivity contribution is -0.155. The summed E-state index contributed by atoms with van der Waals surface area (Å²) >= 11 is 0. The SMILES string of the molecule is CCC(C)NCCOCCOCCNC(=O)CCC(=O)C(C)(CC)N[C@@H](CCCCNC(C)C(=O)CCC(=O)NCCOCCOCCNC(C)C)C(=O)NCCOCCOCCNC(=O)CCC(=O)NCCOCCOCCNC(=O)CCC(=O)OC(C)(C)C. The summed E-state index contributed by atoms with van der Waals surface area (Å²) in [4.78, 5) is 114. The molecule has 0 aliphatic heterocycles. The van der Waals surface area contributed by atoms with Gasteiger partial charge in [0.25, 0.3) is 0 Å². The van der Waals surface area contributed by atoms with Gasteiger partial charge in [-0.05, 0) is 73.8 Å². The fourth-order valence-electron chi connectivity index (χ4n) is 8.08. The minimum Gasteiger partial charge on any atom is -0.460 e. The average Bonchev–Trinajstić information content (AvgIpc) is 1.24. The van der Waals surface area contributed by atoms with Crippen molar-refractivity contribution >= 4 is 53.0 Å². The van der Waals surface area contributed by atoms with Gasteiger partial charge in [0, 0.05) is 109 Å². The van der Waals surface area contributed by atoms with Crippen LogP contribution in [0.5, 0.6) is 0 Å². The lowest BCUT2D eigenvalue weighted by Gasteiger charge is -2.33. The summed E-state index contributed by atoms with van der Waals surface area (Å²) in [5.74, 6) is -2.45. The van der Waals surface area contributed by atoms with Crippen LogP contribution in [0, 0.1) is 0 Å². The summed E-state index contributed by atoms with van der Waals surface area (Å²) in [5, 5.41) is 29.7. The maximum absolute atomic E-state index is 13.8. The first-order valence-electron chi connectivity index (χ1n) is 33.0. The predicted octanol–water partition coefficient (Wildman–Crippen LogP) is 1.08. The molecule has 91 heavy (non-hydrogen) atoms. The number of esters is 1. The molecule has 0 bridgehead atoms. The number of hydrogen-bond donors (Lipinski definition) is 10. The highest BCUT2D eigenvalue weighted by Gasteiger charge is 2.35. The third-order valence-electron chi connectivity index (χ3n) is 13.7. The van der Waals surface area contributed by atoms with E-state index in [1.165, 1.54) is 0 Å². The third-order valence-corrected chi connectivity index (χ3v) is 13.7. The quantitative estimate of drug-likeness (QED) is 0.0301. The first-order valence-corrected chi connectivity index (χ1v) is 33.0. The van der Waals surface area contributed by atoms with Gasteiger partial charge in [-0.3, -0.25) is 48.5 Å². The molecule has 0 heterocycles. The largest absolute Gasteiger partial charge is 0.460 e. The van der Waals surface area contributed by atoms with Crippen molar-refractivity contribution in [1.29, 1.82) is 0 Å². The molecule has 6 amide bonds. The fourth-order valence-corrected chi connectivity index (χ4v) is 8.08. The summed E-state index contributed by atoms with van der Waals surface area (Å²) in [6.45, 7) is 28.1. The van der Waals surface area contributed by atoms with Crippen molar-refractivity contribution in [3.05, 3.63) is 0 Å². The number of ether oxygens (including phenoxy) is 9. The van der Waals surface area contributed by atoms with Crippen molar-refractivity contribution in [2.24, 2.45) is 0 Å². The number of carbonyl (C=O) groups excluding carboxylic acids is 9. The van der Waals surface area contributed by atoms with Crippen molar-refractivity contribution in [2.45, 2.75) is 188 Å². The lowest BCUT2D eigenvalue weighted by Crippen LogP contribution is -2.58. The zero-order chi connectivity index (χ0) is 67.8. The molecule has 0 aromatic carbocycles. The topological polar surface area (TPSA) is 357 Å². The highest BCUT2D eigenvalue weighted by atomic mass is 16.6. The monoisotopic (exact) mass is 1300 g/mol. The van der Waals surface area contributed by atoms with Gasteiger partial charge in [0.05, 0.1) is 130 Å². The highest BCUT2D eigenvalue weighted by Crippen LogP contribution is 2.18. The van der Waals surface area contributed by atoms with E-state index >= 15 is 0 Å². The van der Waals surface area contributed by atoms with Crippen molar-refractivity contribution < 1.29 is 85.8 Å². The molecule has 0 saturated carbocycles. The van der Waals surface area contributed by atoms with Gasteiger partial charge in [-0.1, -0.05) is 34.1 Å². The predicted molar refractivity (Wildman–Crippen MR) is 345 cm³/mol. The van der Waals surface area contributed by atoms with E-state index in [4.69, 9.17) is 42.6 Å². The molecule has 0 aromatic rings. The number of rotatable bonds is 63. The number of amides is 6. The van der Waals surface area contributed by atoms with E-state index in [1.54, 1.807) is 34.6 Å². The van der Waals surface area contributed by atoms with Gasteiger partial charge in [-0.25, -0.2) is 0 Å². The van der Waals surface area contributed by atoms with E-state index in [9.17, 15) is 43.2 Å². The minimum atomic E-state index is -1.12. The molecular weight excluding hydrogens is 1180 g/mol. The van der Waals surface area contributed by atoms with Gasteiger partial charge in [0.15, 0.2) is 5.78 Å². The van der Waals surface area contributed by atoms with Crippen LogP contribution in [-0.4, -0.2) is 253 Å². The van der Waals surface area contributed by atoms with E-state index < -0.39 is 29.2 Å². The summed E-state index contributed by atoms with van der Waals surface area (Å²) in [6, 6.07) is -0.425. The van der Waals surface area contributed by atoms with Crippen LogP contribution in [-0.2, 0) is 85.8 Å². The number of carbonyl (C=O) groups is 9.